The third-order valence-corrected chi connectivity index (χ3v) is 5.84. The topological polar surface area (TPSA) is 60.2 Å². The zero-order chi connectivity index (χ0) is 19.1. The predicted molar refractivity (Wildman–Crippen MR) is 102 cm³/mol. The fourth-order valence-electron chi connectivity index (χ4n) is 4.14. The summed E-state index contributed by atoms with van der Waals surface area (Å²) in [5.74, 6) is -0.0429. The predicted octanol–water partition coefficient (Wildman–Crippen LogP) is 4.54. The number of benzene rings is 1. The first-order chi connectivity index (χ1) is 13.1. The fraction of sp³-hybridized carbons (Fsp3) is 0.619. The largest absolute Gasteiger partial charge is 0.491 e. The van der Waals surface area contributed by atoms with Gasteiger partial charge in [-0.25, -0.2) is 14.1 Å². The summed E-state index contributed by atoms with van der Waals surface area (Å²) in [6, 6.07) is 6.36. The van der Waals surface area contributed by atoms with Crippen molar-refractivity contribution in [3.8, 4) is 5.75 Å². The van der Waals surface area contributed by atoms with Gasteiger partial charge in [-0.3, -0.25) is 0 Å². The molecule has 27 heavy (non-hydrogen) atoms. The first-order valence-electron chi connectivity index (χ1n) is 10.00. The molecule has 6 heteroatoms. The number of aliphatic hydroxyl groups excluding tert-OH is 1. The van der Waals surface area contributed by atoms with Gasteiger partial charge in [0.2, 0.25) is 0 Å². The molecule has 0 bridgehead atoms. The summed E-state index contributed by atoms with van der Waals surface area (Å²) in [6.07, 6.45) is 10.9. The zero-order valence-corrected chi connectivity index (χ0v) is 16.1. The quantitative estimate of drug-likeness (QED) is 0.654. The van der Waals surface area contributed by atoms with Gasteiger partial charge in [-0.05, 0) is 49.7 Å². The Labute approximate surface area is 160 Å². The smallest absolute Gasteiger partial charge is 0.165 e. The van der Waals surface area contributed by atoms with E-state index >= 15 is 0 Å². The van der Waals surface area contributed by atoms with Gasteiger partial charge in [0.25, 0.3) is 0 Å². The molecule has 1 N–H and O–H groups in total. The second-order valence-corrected chi connectivity index (χ2v) is 7.88. The molecular weight excluding hydrogens is 345 g/mol. The summed E-state index contributed by atoms with van der Waals surface area (Å²) in [7, 11) is 0. The number of aromatic nitrogens is 3. The van der Waals surface area contributed by atoms with E-state index in [1.54, 1.807) is 29.2 Å². The SMILES string of the molecule is CC1([C@@H](O)[C@@H](CCCCOc2ccccc2F)n2cncn2)CCCCC1. The first-order valence-corrected chi connectivity index (χ1v) is 10.00. The van der Waals surface area contributed by atoms with Crippen molar-refractivity contribution in [2.24, 2.45) is 5.41 Å². The molecule has 1 fully saturated rings. The Morgan fingerprint density at radius 1 is 1.22 bits per heavy atom. The van der Waals surface area contributed by atoms with Crippen LogP contribution in [0.3, 0.4) is 0 Å². The Kier molecular flexibility index (Phi) is 6.83. The highest BCUT2D eigenvalue weighted by Gasteiger charge is 2.39. The normalized spacial score (nSPS) is 18.8. The number of unbranched alkanes of at least 4 members (excludes halogenated alkanes) is 1. The van der Waals surface area contributed by atoms with Crippen molar-refractivity contribution >= 4 is 0 Å². The molecule has 1 aliphatic carbocycles. The van der Waals surface area contributed by atoms with E-state index in [0.717, 1.165) is 32.1 Å². The molecule has 2 atom stereocenters. The van der Waals surface area contributed by atoms with Gasteiger partial charge in [0.05, 0.1) is 18.8 Å². The maximum absolute atomic E-state index is 13.6. The molecule has 0 aliphatic heterocycles. The Hall–Kier alpha value is -1.95. The molecule has 0 spiro atoms. The molecule has 0 radical (unpaired) electrons. The Balaban J connectivity index is 1.54. The van der Waals surface area contributed by atoms with Gasteiger partial charge in [-0.15, -0.1) is 0 Å². The van der Waals surface area contributed by atoms with Crippen molar-refractivity contribution in [2.45, 2.75) is 70.4 Å². The number of nitrogens with zero attached hydrogens (tertiary/aromatic N) is 3. The molecule has 5 nitrogen and oxygen atoms in total. The first kappa shape index (κ1) is 19.8. The van der Waals surface area contributed by atoms with Crippen molar-refractivity contribution in [1.29, 1.82) is 0 Å². The lowest BCUT2D eigenvalue weighted by atomic mass is 9.69. The van der Waals surface area contributed by atoms with E-state index in [2.05, 4.69) is 17.0 Å². The van der Waals surface area contributed by atoms with Crippen molar-refractivity contribution in [2.75, 3.05) is 6.61 Å². The second-order valence-electron chi connectivity index (χ2n) is 7.88. The Morgan fingerprint density at radius 2 is 2.00 bits per heavy atom. The van der Waals surface area contributed by atoms with Gasteiger partial charge in [-0.1, -0.05) is 38.3 Å². The molecular formula is C21H30FN3O2. The number of para-hydroxylation sites is 1. The Morgan fingerprint density at radius 3 is 2.70 bits per heavy atom. The number of aliphatic hydroxyl groups is 1. The van der Waals surface area contributed by atoms with Gasteiger partial charge in [-0.2, -0.15) is 5.10 Å². The summed E-state index contributed by atoms with van der Waals surface area (Å²) in [6.45, 7) is 2.65. The summed E-state index contributed by atoms with van der Waals surface area (Å²) in [5.41, 5.74) is -0.0709. The van der Waals surface area contributed by atoms with E-state index < -0.39 is 6.10 Å². The van der Waals surface area contributed by atoms with E-state index in [-0.39, 0.29) is 17.3 Å². The van der Waals surface area contributed by atoms with E-state index in [1.165, 1.54) is 31.7 Å². The highest BCUT2D eigenvalue weighted by molar-refractivity contribution is 5.23. The van der Waals surface area contributed by atoms with Gasteiger partial charge >= 0.3 is 0 Å². The van der Waals surface area contributed by atoms with Crippen LogP contribution in [0.2, 0.25) is 0 Å². The Bertz CT molecular complexity index is 686. The molecule has 0 saturated heterocycles. The van der Waals surface area contributed by atoms with Crippen molar-refractivity contribution in [3.63, 3.8) is 0 Å². The third kappa shape index (κ3) is 5.06. The molecule has 1 saturated carbocycles. The average molecular weight is 375 g/mol. The second kappa shape index (κ2) is 9.31. The van der Waals surface area contributed by atoms with Gasteiger partial charge < -0.3 is 9.84 Å². The minimum absolute atomic E-state index is 0.0709. The van der Waals surface area contributed by atoms with Gasteiger partial charge in [0.1, 0.15) is 12.7 Å². The number of hydrogen-bond acceptors (Lipinski definition) is 4. The van der Waals surface area contributed by atoms with Crippen LogP contribution in [-0.2, 0) is 0 Å². The van der Waals surface area contributed by atoms with Crippen LogP contribution in [0.1, 0.15) is 64.3 Å². The number of hydrogen-bond donors (Lipinski definition) is 1. The van der Waals surface area contributed by atoms with Crippen LogP contribution in [0, 0.1) is 11.2 Å². The average Bonchev–Trinajstić information content (AvgIpc) is 3.20. The van der Waals surface area contributed by atoms with Crippen LogP contribution >= 0.6 is 0 Å². The van der Waals surface area contributed by atoms with Crippen LogP contribution in [-0.4, -0.2) is 32.6 Å². The maximum atomic E-state index is 13.6. The van der Waals surface area contributed by atoms with Crippen LogP contribution < -0.4 is 4.74 Å². The molecule has 0 amide bonds. The van der Waals surface area contributed by atoms with Gasteiger partial charge in [0, 0.05) is 0 Å². The lowest BCUT2D eigenvalue weighted by molar-refractivity contribution is -0.0325. The molecule has 3 rings (SSSR count). The zero-order valence-electron chi connectivity index (χ0n) is 16.1. The van der Waals surface area contributed by atoms with Crippen LogP contribution in [0.4, 0.5) is 4.39 Å². The summed E-state index contributed by atoms with van der Waals surface area (Å²) >= 11 is 0. The van der Waals surface area contributed by atoms with Crippen molar-refractivity contribution in [1.82, 2.24) is 14.8 Å². The van der Waals surface area contributed by atoms with Gasteiger partial charge in [0.15, 0.2) is 11.6 Å². The standard InChI is InChI=1S/C21H30FN3O2/c1-21(12-6-2-7-13-21)20(26)18(25-16-23-15-24-25)10-5-8-14-27-19-11-4-3-9-17(19)22/h3-4,9,11,15-16,18,20,26H,2,5-8,10,12-14H2,1H3/t18-,20+/m1/s1. The summed E-state index contributed by atoms with van der Waals surface area (Å²) < 4.78 is 20.9. The monoisotopic (exact) mass is 375 g/mol. The van der Waals surface area contributed by atoms with Crippen molar-refractivity contribution in [3.05, 3.63) is 42.7 Å². The van der Waals surface area contributed by atoms with E-state index in [9.17, 15) is 9.50 Å². The van der Waals surface area contributed by atoms with E-state index in [0.29, 0.717) is 12.4 Å². The minimum Gasteiger partial charge on any atom is -0.491 e. The molecule has 1 aromatic heterocycles. The third-order valence-electron chi connectivity index (χ3n) is 5.84. The highest BCUT2D eigenvalue weighted by atomic mass is 19.1. The number of ether oxygens (including phenoxy) is 1. The summed E-state index contributed by atoms with van der Waals surface area (Å²) in [5, 5.41) is 15.5. The molecule has 148 valence electrons. The highest BCUT2D eigenvalue weighted by Crippen LogP contribution is 2.43. The lowest BCUT2D eigenvalue weighted by Gasteiger charge is -2.41. The molecule has 1 aromatic carbocycles. The number of rotatable bonds is 9. The summed E-state index contributed by atoms with van der Waals surface area (Å²) in [4.78, 5) is 4.06. The van der Waals surface area contributed by atoms with E-state index in [1.807, 2.05) is 0 Å². The molecule has 0 unspecified atom stereocenters. The van der Waals surface area contributed by atoms with Crippen LogP contribution in [0.15, 0.2) is 36.9 Å². The minimum atomic E-state index is -0.452. The molecule has 1 aliphatic rings. The molecule has 2 aromatic rings. The molecule has 1 heterocycles. The van der Waals surface area contributed by atoms with Crippen LogP contribution in [0.5, 0.6) is 5.75 Å². The fourth-order valence-corrected chi connectivity index (χ4v) is 4.14. The lowest BCUT2D eigenvalue weighted by Crippen LogP contribution is -2.41. The van der Waals surface area contributed by atoms with Crippen molar-refractivity contribution < 1.29 is 14.2 Å². The van der Waals surface area contributed by atoms with E-state index in [4.69, 9.17) is 4.74 Å². The van der Waals surface area contributed by atoms with Crippen LogP contribution in [0.25, 0.3) is 0 Å². The number of halogens is 1. The maximum Gasteiger partial charge on any atom is 0.165 e.